The number of para-hydroxylation sites is 1. The van der Waals surface area contributed by atoms with Crippen LogP contribution in [0.3, 0.4) is 0 Å². The molecule has 0 saturated heterocycles. The average molecular weight is 347 g/mol. The SMILES string of the molecule is CN(C)Cc1c(C(=O)Nc2ccc(Cl)cc2F)oc2ccccc12. The molecular weight excluding hydrogens is 331 g/mol. The van der Waals surface area contributed by atoms with E-state index in [0.29, 0.717) is 12.1 Å². The summed E-state index contributed by atoms with van der Waals surface area (Å²) in [7, 11) is 3.81. The molecule has 1 aromatic heterocycles. The van der Waals surface area contributed by atoms with Gasteiger partial charge in [-0.3, -0.25) is 4.79 Å². The molecule has 0 aliphatic carbocycles. The second kappa shape index (κ2) is 6.63. The number of carbonyl (C=O) groups excluding carboxylic acids is 1. The van der Waals surface area contributed by atoms with E-state index < -0.39 is 11.7 Å². The summed E-state index contributed by atoms with van der Waals surface area (Å²) in [5.74, 6) is -0.912. The summed E-state index contributed by atoms with van der Waals surface area (Å²) < 4.78 is 19.6. The summed E-state index contributed by atoms with van der Waals surface area (Å²) in [5, 5.41) is 3.68. The molecule has 3 rings (SSSR count). The van der Waals surface area contributed by atoms with E-state index in [1.807, 2.05) is 37.2 Å². The standard InChI is InChI=1S/C18H16ClFN2O2/c1-22(2)10-13-12-5-3-4-6-16(12)24-17(13)18(23)21-15-8-7-11(19)9-14(15)20/h3-9H,10H2,1-2H3,(H,21,23). The topological polar surface area (TPSA) is 45.5 Å². The third-order valence-electron chi connectivity index (χ3n) is 3.56. The zero-order valence-electron chi connectivity index (χ0n) is 13.3. The fourth-order valence-electron chi connectivity index (χ4n) is 2.53. The molecule has 0 bridgehead atoms. The van der Waals surface area contributed by atoms with Crippen molar-refractivity contribution in [1.29, 1.82) is 0 Å². The minimum absolute atomic E-state index is 0.0562. The van der Waals surface area contributed by atoms with Gasteiger partial charge in [-0.2, -0.15) is 0 Å². The van der Waals surface area contributed by atoms with Gasteiger partial charge < -0.3 is 14.6 Å². The summed E-state index contributed by atoms with van der Waals surface area (Å²) in [4.78, 5) is 14.5. The zero-order chi connectivity index (χ0) is 17.3. The molecule has 0 aliphatic heterocycles. The summed E-state index contributed by atoms with van der Waals surface area (Å²) in [6, 6.07) is 11.5. The lowest BCUT2D eigenvalue weighted by atomic mass is 10.1. The highest BCUT2D eigenvalue weighted by molar-refractivity contribution is 6.30. The number of hydrogen-bond donors (Lipinski definition) is 1. The Kier molecular flexibility index (Phi) is 4.55. The van der Waals surface area contributed by atoms with E-state index in [1.165, 1.54) is 12.1 Å². The Morgan fingerprint density at radius 1 is 1.25 bits per heavy atom. The summed E-state index contributed by atoms with van der Waals surface area (Å²) >= 11 is 5.73. The van der Waals surface area contributed by atoms with Gasteiger partial charge in [-0.25, -0.2) is 4.39 Å². The Bertz CT molecular complexity index is 905. The van der Waals surface area contributed by atoms with E-state index in [0.717, 1.165) is 17.0 Å². The van der Waals surface area contributed by atoms with Crippen LogP contribution in [0.25, 0.3) is 11.0 Å². The van der Waals surface area contributed by atoms with Crippen molar-refractivity contribution < 1.29 is 13.6 Å². The fourth-order valence-corrected chi connectivity index (χ4v) is 2.68. The predicted octanol–water partition coefficient (Wildman–Crippen LogP) is 4.54. The number of anilines is 1. The smallest absolute Gasteiger partial charge is 0.291 e. The van der Waals surface area contributed by atoms with Crippen LogP contribution in [-0.4, -0.2) is 24.9 Å². The second-order valence-corrected chi connectivity index (χ2v) is 6.16. The Balaban J connectivity index is 1.99. The van der Waals surface area contributed by atoms with Crippen LogP contribution in [0, 0.1) is 5.82 Å². The number of halogens is 2. The minimum Gasteiger partial charge on any atom is -0.451 e. The monoisotopic (exact) mass is 346 g/mol. The summed E-state index contributed by atoms with van der Waals surface area (Å²) in [6.45, 7) is 0.531. The molecule has 3 aromatic rings. The van der Waals surface area contributed by atoms with E-state index >= 15 is 0 Å². The van der Waals surface area contributed by atoms with Gasteiger partial charge in [0.25, 0.3) is 5.91 Å². The highest BCUT2D eigenvalue weighted by Gasteiger charge is 2.21. The van der Waals surface area contributed by atoms with Crippen LogP contribution in [0.1, 0.15) is 16.1 Å². The number of carbonyl (C=O) groups is 1. The molecule has 0 atom stereocenters. The first-order chi connectivity index (χ1) is 11.5. The van der Waals surface area contributed by atoms with Gasteiger partial charge in [0.1, 0.15) is 11.4 Å². The highest BCUT2D eigenvalue weighted by atomic mass is 35.5. The van der Waals surface area contributed by atoms with Crippen molar-refractivity contribution >= 4 is 34.2 Å². The Labute approximate surface area is 143 Å². The fraction of sp³-hybridized carbons (Fsp3) is 0.167. The quantitative estimate of drug-likeness (QED) is 0.754. The van der Waals surface area contributed by atoms with Crippen LogP contribution < -0.4 is 5.32 Å². The second-order valence-electron chi connectivity index (χ2n) is 5.72. The van der Waals surface area contributed by atoms with Gasteiger partial charge in [0, 0.05) is 22.5 Å². The number of fused-ring (bicyclic) bond motifs is 1. The third kappa shape index (κ3) is 3.27. The van der Waals surface area contributed by atoms with Gasteiger partial charge in [-0.05, 0) is 38.4 Å². The van der Waals surface area contributed by atoms with Crippen molar-refractivity contribution in [2.24, 2.45) is 0 Å². The van der Waals surface area contributed by atoms with E-state index in [1.54, 1.807) is 6.07 Å². The average Bonchev–Trinajstić information content (AvgIpc) is 2.88. The molecule has 0 unspecified atom stereocenters. The van der Waals surface area contributed by atoms with Gasteiger partial charge in [0.2, 0.25) is 0 Å². The van der Waals surface area contributed by atoms with Crippen LogP contribution in [-0.2, 0) is 6.54 Å². The Morgan fingerprint density at radius 2 is 2.00 bits per heavy atom. The lowest BCUT2D eigenvalue weighted by molar-refractivity contribution is 0.0996. The maximum atomic E-state index is 13.9. The number of nitrogens with zero attached hydrogens (tertiary/aromatic N) is 1. The molecule has 1 heterocycles. The number of furan rings is 1. The first-order valence-electron chi connectivity index (χ1n) is 7.37. The largest absolute Gasteiger partial charge is 0.451 e. The first-order valence-corrected chi connectivity index (χ1v) is 7.75. The van der Waals surface area contributed by atoms with E-state index in [2.05, 4.69) is 5.32 Å². The number of hydrogen-bond acceptors (Lipinski definition) is 3. The molecule has 24 heavy (non-hydrogen) atoms. The minimum atomic E-state index is -0.596. The first kappa shape index (κ1) is 16.5. The molecule has 0 aliphatic rings. The molecule has 0 radical (unpaired) electrons. The normalized spacial score (nSPS) is 11.2. The molecule has 124 valence electrons. The predicted molar refractivity (Wildman–Crippen MR) is 93.0 cm³/mol. The highest BCUT2D eigenvalue weighted by Crippen LogP contribution is 2.28. The van der Waals surface area contributed by atoms with Crippen molar-refractivity contribution in [3.05, 3.63) is 64.6 Å². The molecule has 1 N–H and O–H groups in total. The number of rotatable bonds is 4. The maximum absolute atomic E-state index is 13.9. The van der Waals surface area contributed by atoms with Gasteiger partial charge in [0.05, 0.1) is 5.69 Å². The van der Waals surface area contributed by atoms with Crippen molar-refractivity contribution in [2.45, 2.75) is 6.54 Å². The third-order valence-corrected chi connectivity index (χ3v) is 3.79. The Morgan fingerprint density at radius 3 is 2.71 bits per heavy atom. The van der Waals surface area contributed by atoms with Crippen LogP contribution >= 0.6 is 11.6 Å². The molecule has 6 heteroatoms. The molecule has 1 amide bonds. The molecule has 2 aromatic carbocycles. The zero-order valence-corrected chi connectivity index (χ0v) is 14.0. The number of nitrogens with one attached hydrogen (secondary N) is 1. The maximum Gasteiger partial charge on any atom is 0.291 e. The van der Waals surface area contributed by atoms with E-state index in [-0.39, 0.29) is 16.5 Å². The number of amides is 1. The summed E-state index contributed by atoms with van der Waals surface area (Å²) in [6.07, 6.45) is 0. The lowest BCUT2D eigenvalue weighted by Crippen LogP contribution is -2.17. The van der Waals surface area contributed by atoms with Gasteiger partial charge >= 0.3 is 0 Å². The van der Waals surface area contributed by atoms with Crippen LogP contribution in [0.5, 0.6) is 0 Å². The van der Waals surface area contributed by atoms with E-state index in [9.17, 15) is 9.18 Å². The lowest BCUT2D eigenvalue weighted by Gasteiger charge is -2.10. The van der Waals surface area contributed by atoms with Crippen molar-refractivity contribution in [3.8, 4) is 0 Å². The van der Waals surface area contributed by atoms with Crippen molar-refractivity contribution in [1.82, 2.24) is 4.90 Å². The molecular formula is C18H16ClFN2O2. The van der Waals surface area contributed by atoms with Gasteiger partial charge in [-0.15, -0.1) is 0 Å². The van der Waals surface area contributed by atoms with Gasteiger partial charge in [0.15, 0.2) is 5.76 Å². The molecule has 4 nitrogen and oxygen atoms in total. The van der Waals surface area contributed by atoms with Gasteiger partial charge in [-0.1, -0.05) is 29.8 Å². The van der Waals surface area contributed by atoms with Crippen LogP contribution in [0.15, 0.2) is 46.9 Å². The van der Waals surface area contributed by atoms with Crippen LogP contribution in [0.4, 0.5) is 10.1 Å². The molecule has 0 saturated carbocycles. The summed E-state index contributed by atoms with van der Waals surface area (Å²) in [5.41, 5.74) is 1.44. The van der Waals surface area contributed by atoms with Crippen LogP contribution in [0.2, 0.25) is 5.02 Å². The van der Waals surface area contributed by atoms with Crippen molar-refractivity contribution in [2.75, 3.05) is 19.4 Å². The molecule has 0 fully saturated rings. The number of benzene rings is 2. The van der Waals surface area contributed by atoms with E-state index in [4.69, 9.17) is 16.0 Å². The molecule has 0 spiro atoms. The Hall–Kier alpha value is -2.37. The van der Waals surface area contributed by atoms with Crippen molar-refractivity contribution in [3.63, 3.8) is 0 Å².